The van der Waals surface area contributed by atoms with Gasteiger partial charge in [-0.2, -0.15) is 0 Å². The van der Waals surface area contributed by atoms with E-state index in [1.165, 1.54) is 37.4 Å². The van der Waals surface area contributed by atoms with Crippen LogP contribution in [0.1, 0.15) is 62.6 Å². The molecule has 0 radical (unpaired) electrons. The van der Waals surface area contributed by atoms with Crippen molar-refractivity contribution in [3.8, 4) is 0 Å². The third kappa shape index (κ3) is 3.19. The number of amides is 1. The molecule has 1 amide bonds. The lowest BCUT2D eigenvalue weighted by Gasteiger charge is -2.14. The van der Waals surface area contributed by atoms with Crippen LogP contribution in [-0.4, -0.2) is 31.1 Å². The summed E-state index contributed by atoms with van der Waals surface area (Å²) in [6.07, 6.45) is 5.50. The van der Waals surface area contributed by atoms with E-state index in [2.05, 4.69) is 25.2 Å². The van der Waals surface area contributed by atoms with Gasteiger partial charge >= 0.3 is 0 Å². The van der Waals surface area contributed by atoms with Gasteiger partial charge in [0.15, 0.2) is 11.0 Å². The van der Waals surface area contributed by atoms with Crippen LogP contribution in [0.4, 0.5) is 5.82 Å². The Kier molecular flexibility index (Phi) is 4.07. The molecule has 2 saturated carbocycles. The Morgan fingerprint density at radius 3 is 2.79 bits per heavy atom. The van der Waals surface area contributed by atoms with Crippen molar-refractivity contribution in [3.63, 3.8) is 0 Å². The average molecular weight is 347 g/mol. The van der Waals surface area contributed by atoms with E-state index in [9.17, 15) is 4.79 Å². The van der Waals surface area contributed by atoms with Crippen LogP contribution in [0.2, 0.25) is 0 Å². The van der Waals surface area contributed by atoms with Gasteiger partial charge in [0.2, 0.25) is 5.91 Å². The molecular weight excluding hydrogens is 326 g/mol. The average Bonchev–Trinajstić information content (AvgIpc) is 3.49. The predicted molar refractivity (Wildman–Crippen MR) is 90.1 cm³/mol. The second-order valence-corrected chi connectivity index (χ2v) is 7.71. The molecule has 0 bridgehead atoms. The van der Waals surface area contributed by atoms with Gasteiger partial charge in [0.1, 0.15) is 11.6 Å². The number of nitrogens with zero attached hydrogens (tertiary/aromatic N) is 4. The fourth-order valence-corrected chi connectivity index (χ4v) is 3.78. The molecule has 1 atom stereocenters. The third-order valence-electron chi connectivity index (χ3n) is 4.34. The Morgan fingerprint density at radius 2 is 2.21 bits per heavy atom. The molecule has 0 aliphatic heterocycles. The Morgan fingerprint density at radius 1 is 1.42 bits per heavy atom. The molecule has 1 N–H and O–H groups in total. The van der Waals surface area contributed by atoms with Gasteiger partial charge in [0.25, 0.3) is 0 Å². The molecular formula is C16H21N5O2S. The lowest BCUT2D eigenvalue weighted by Crippen LogP contribution is -2.25. The SMILES string of the molecule is CCC(Sc1nnc(C2CC2)n1C1CC1)C(=O)Nc1cc(C)on1. The van der Waals surface area contributed by atoms with E-state index < -0.39 is 0 Å². The molecule has 4 rings (SSSR count). The Bertz CT molecular complexity index is 747. The minimum atomic E-state index is -0.226. The first-order chi connectivity index (χ1) is 11.7. The Labute approximate surface area is 144 Å². The first kappa shape index (κ1) is 15.7. The van der Waals surface area contributed by atoms with Crippen molar-refractivity contribution in [2.24, 2.45) is 0 Å². The number of aryl methyl sites for hydroxylation is 1. The van der Waals surface area contributed by atoms with Crippen LogP contribution < -0.4 is 5.32 Å². The van der Waals surface area contributed by atoms with Crippen molar-refractivity contribution in [1.29, 1.82) is 0 Å². The topological polar surface area (TPSA) is 85.8 Å². The molecule has 24 heavy (non-hydrogen) atoms. The summed E-state index contributed by atoms with van der Waals surface area (Å²) in [5.74, 6) is 2.74. The van der Waals surface area contributed by atoms with Crippen LogP contribution >= 0.6 is 11.8 Å². The zero-order chi connectivity index (χ0) is 16.7. The maximum Gasteiger partial charge on any atom is 0.239 e. The minimum Gasteiger partial charge on any atom is -0.360 e. The van der Waals surface area contributed by atoms with E-state index in [1.807, 2.05) is 6.92 Å². The van der Waals surface area contributed by atoms with E-state index in [4.69, 9.17) is 4.52 Å². The molecule has 2 aromatic rings. The van der Waals surface area contributed by atoms with Crippen molar-refractivity contribution in [3.05, 3.63) is 17.7 Å². The zero-order valence-electron chi connectivity index (χ0n) is 13.9. The van der Waals surface area contributed by atoms with Gasteiger partial charge < -0.3 is 14.4 Å². The number of aromatic nitrogens is 4. The van der Waals surface area contributed by atoms with Gasteiger partial charge in [0.05, 0.1) is 5.25 Å². The van der Waals surface area contributed by atoms with Gasteiger partial charge in [-0.1, -0.05) is 23.8 Å². The summed E-state index contributed by atoms with van der Waals surface area (Å²) >= 11 is 1.50. The quantitative estimate of drug-likeness (QED) is 0.774. The lowest BCUT2D eigenvalue weighted by atomic mass is 10.3. The summed E-state index contributed by atoms with van der Waals surface area (Å²) in [5, 5.41) is 16.1. The van der Waals surface area contributed by atoms with Gasteiger partial charge in [-0.25, -0.2) is 0 Å². The number of carbonyl (C=O) groups excluding carboxylic acids is 1. The summed E-state index contributed by atoms with van der Waals surface area (Å²) < 4.78 is 7.27. The largest absolute Gasteiger partial charge is 0.360 e. The van der Waals surface area contributed by atoms with Gasteiger partial charge in [-0.05, 0) is 39.0 Å². The lowest BCUT2D eigenvalue weighted by molar-refractivity contribution is -0.115. The molecule has 2 aliphatic carbocycles. The monoisotopic (exact) mass is 347 g/mol. The summed E-state index contributed by atoms with van der Waals surface area (Å²) in [6.45, 7) is 3.80. The highest BCUT2D eigenvalue weighted by molar-refractivity contribution is 8.00. The number of nitrogens with one attached hydrogen (secondary N) is 1. The maximum atomic E-state index is 12.5. The molecule has 2 fully saturated rings. The van der Waals surface area contributed by atoms with Crippen molar-refractivity contribution in [1.82, 2.24) is 19.9 Å². The van der Waals surface area contributed by atoms with Crippen molar-refractivity contribution in [2.45, 2.75) is 68.3 Å². The van der Waals surface area contributed by atoms with Crippen LogP contribution in [0.25, 0.3) is 0 Å². The van der Waals surface area contributed by atoms with Gasteiger partial charge in [0, 0.05) is 18.0 Å². The maximum absolute atomic E-state index is 12.5. The smallest absolute Gasteiger partial charge is 0.239 e. The molecule has 0 aromatic carbocycles. The number of thioether (sulfide) groups is 1. The van der Waals surface area contributed by atoms with E-state index in [1.54, 1.807) is 13.0 Å². The van der Waals surface area contributed by atoms with E-state index in [-0.39, 0.29) is 11.2 Å². The molecule has 128 valence electrons. The second-order valence-electron chi connectivity index (χ2n) is 6.54. The fraction of sp³-hybridized carbons (Fsp3) is 0.625. The number of hydrogen-bond acceptors (Lipinski definition) is 6. The van der Waals surface area contributed by atoms with Crippen molar-refractivity contribution >= 4 is 23.5 Å². The molecule has 7 nitrogen and oxygen atoms in total. The van der Waals surface area contributed by atoms with E-state index >= 15 is 0 Å². The molecule has 8 heteroatoms. The second kappa shape index (κ2) is 6.23. The first-order valence-electron chi connectivity index (χ1n) is 8.51. The molecule has 0 spiro atoms. The van der Waals surface area contributed by atoms with Crippen molar-refractivity contribution in [2.75, 3.05) is 5.32 Å². The van der Waals surface area contributed by atoms with Crippen molar-refractivity contribution < 1.29 is 9.32 Å². The highest BCUT2D eigenvalue weighted by Crippen LogP contribution is 2.46. The normalized spacial score (nSPS) is 18.6. The van der Waals surface area contributed by atoms with E-state index in [0.29, 0.717) is 30.0 Å². The minimum absolute atomic E-state index is 0.0749. The third-order valence-corrected chi connectivity index (χ3v) is 5.66. The van der Waals surface area contributed by atoms with Gasteiger partial charge in [-0.3, -0.25) is 4.79 Å². The van der Waals surface area contributed by atoms with Crippen LogP contribution in [0.15, 0.2) is 15.7 Å². The first-order valence-corrected chi connectivity index (χ1v) is 9.39. The molecule has 2 aromatic heterocycles. The zero-order valence-corrected chi connectivity index (χ0v) is 14.7. The van der Waals surface area contributed by atoms with Gasteiger partial charge in [-0.15, -0.1) is 10.2 Å². The van der Waals surface area contributed by atoms with Crippen LogP contribution in [0.5, 0.6) is 0 Å². The number of rotatable bonds is 7. The number of anilines is 1. The highest BCUT2D eigenvalue weighted by Gasteiger charge is 2.37. The summed E-state index contributed by atoms with van der Waals surface area (Å²) in [4.78, 5) is 12.5. The number of hydrogen-bond donors (Lipinski definition) is 1. The predicted octanol–water partition coefficient (Wildman–Crippen LogP) is 3.30. The number of carbonyl (C=O) groups is 1. The standard InChI is InChI=1S/C16H21N5O2S/c1-3-12(15(22)17-13-8-9(2)23-20-13)24-16-19-18-14(10-4-5-10)21(16)11-6-7-11/h8,10-12H,3-7H2,1-2H3,(H,17,20,22). The Balaban J connectivity index is 1.49. The summed E-state index contributed by atoms with van der Waals surface area (Å²) in [6, 6.07) is 2.24. The van der Waals surface area contributed by atoms with Crippen LogP contribution in [-0.2, 0) is 4.79 Å². The fourth-order valence-electron chi connectivity index (χ4n) is 2.75. The summed E-state index contributed by atoms with van der Waals surface area (Å²) in [5.41, 5.74) is 0. The molecule has 2 aliphatic rings. The van der Waals surface area contributed by atoms with Crippen LogP contribution in [0.3, 0.4) is 0 Å². The molecule has 0 saturated heterocycles. The van der Waals surface area contributed by atoms with E-state index in [0.717, 1.165) is 11.0 Å². The highest BCUT2D eigenvalue weighted by atomic mass is 32.2. The Hall–Kier alpha value is -1.83. The van der Waals surface area contributed by atoms with Crippen LogP contribution in [0, 0.1) is 6.92 Å². The molecule has 2 heterocycles. The summed E-state index contributed by atoms with van der Waals surface area (Å²) in [7, 11) is 0. The molecule has 1 unspecified atom stereocenters.